The Hall–Kier alpha value is -1.07. The second kappa shape index (κ2) is 8.11. The van der Waals surface area contributed by atoms with Crippen LogP contribution in [0.2, 0.25) is 0 Å². The summed E-state index contributed by atoms with van der Waals surface area (Å²) in [5.41, 5.74) is 0. The molecule has 1 unspecified atom stereocenters. The lowest BCUT2D eigenvalue weighted by molar-refractivity contribution is -0.143. The van der Waals surface area contributed by atoms with Crippen LogP contribution in [0.1, 0.15) is 13.3 Å². The number of thioether (sulfide) groups is 1. The fourth-order valence-electron chi connectivity index (χ4n) is 1.52. The summed E-state index contributed by atoms with van der Waals surface area (Å²) < 4.78 is 17.4. The Kier molecular flexibility index (Phi) is 6.75. The van der Waals surface area contributed by atoms with Crippen LogP contribution in [0.5, 0.6) is 0 Å². The van der Waals surface area contributed by atoms with Crippen LogP contribution in [0.4, 0.5) is 4.39 Å². The van der Waals surface area contributed by atoms with E-state index in [1.807, 2.05) is 6.92 Å². The van der Waals surface area contributed by atoms with Crippen LogP contribution in [0.25, 0.3) is 0 Å². The summed E-state index contributed by atoms with van der Waals surface area (Å²) >= 11 is 1.60. The SMILES string of the molecule is CCNC(CCSc1ccc(F)cc1)C(=O)OC. The summed E-state index contributed by atoms with van der Waals surface area (Å²) in [6.07, 6.45) is 0.683. The quantitative estimate of drug-likeness (QED) is 0.611. The molecule has 18 heavy (non-hydrogen) atoms. The minimum absolute atomic E-state index is 0.237. The number of carbonyl (C=O) groups excluding carboxylic acids is 1. The molecule has 5 heteroatoms. The maximum atomic E-state index is 12.7. The molecule has 0 aliphatic carbocycles. The van der Waals surface area contributed by atoms with Crippen molar-refractivity contribution in [2.75, 3.05) is 19.4 Å². The Morgan fingerprint density at radius 2 is 2.11 bits per heavy atom. The summed E-state index contributed by atoms with van der Waals surface area (Å²) in [6.45, 7) is 2.67. The van der Waals surface area contributed by atoms with Crippen molar-refractivity contribution in [3.8, 4) is 0 Å². The van der Waals surface area contributed by atoms with Crippen molar-refractivity contribution in [1.29, 1.82) is 0 Å². The molecule has 1 aromatic carbocycles. The third-order valence-corrected chi connectivity index (χ3v) is 3.47. The molecule has 0 radical (unpaired) electrons. The molecule has 1 aromatic rings. The predicted molar refractivity (Wildman–Crippen MR) is 71.2 cm³/mol. The molecule has 100 valence electrons. The number of halogens is 1. The van der Waals surface area contributed by atoms with Gasteiger partial charge >= 0.3 is 5.97 Å². The zero-order valence-electron chi connectivity index (χ0n) is 10.6. The van der Waals surface area contributed by atoms with Gasteiger partial charge in [0.15, 0.2) is 0 Å². The van der Waals surface area contributed by atoms with Crippen molar-refractivity contribution in [3.63, 3.8) is 0 Å². The van der Waals surface area contributed by atoms with Crippen LogP contribution in [0.15, 0.2) is 29.2 Å². The van der Waals surface area contributed by atoms with Crippen LogP contribution in [0.3, 0.4) is 0 Å². The standard InChI is InChI=1S/C13H18FNO2S/c1-3-15-12(13(16)17-2)8-9-18-11-6-4-10(14)5-7-11/h4-7,12,15H,3,8-9H2,1-2H3. The van der Waals surface area contributed by atoms with Gasteiger partial charge in [-0.2, -0.15) is 0 Å². The van der Waals surface area contributed by atoms with Crippen LogP contribution in [-0.2, 0) is 9.53 Å². The molecule has 1 N–H and O–H groups in total. The average Bonchev–Trinajstić information content (AvgIpc) is 2.39. The number of carbonyl (C=O) groups is 1. The van der Waals surface area contributed by atoms with Gasteiger partial charge in [-0.25, -0.2) is 4.39 Å². The molecule has 0 aliphatic rings. The van der Waals surface area contributed by atoms with Crippen LogP contribution >= 0.6 is 11.8 Å². The third kappa shape index (κ3) is 5.06. The van der Waals surface area contributed by atoms with Gasteiger partial charge in [0.1, 0.15) is 11.9 Å². The summed E-state index contributed by atoms with van der Waals surface area (Å²) in [5.74, 6) is 0.300. The summed E-state index contributed by atoms with van der Waals surface area (Å²) in [5, 5.41) is 3.08. The fourth-order valence-corrected chi connectivity index (χ4v) is 2.44. The number of hydrogen-bond acceptors (Lipinski definition) is 4. The van der Waals surface area contributed by atoms with Crippen molar-refractivity contribution in [2.45, 2.75) is 24.3 Å². The monoisotopic (exact) mass is 271 g/mol. The average molecular weight is 271 g/mol. The van der Waals surface area contributed by atoms with E-state index in [1.165, 1.54) is 19.2 Å². The highest BCUT2D eigenvalue weighted by Gasteiger charge is 2.17. The molecule has 0 bridgehead atoms. The highest BCUT2D eigenvalue weighted by Crippen LogP contribution is 2.19. The van der Waals surface area contributed by atoms with E-state index in [1.54, 1.807) is 23.9 Å². The second-order valence-electron chi connectivity index (χ2n) is 3.72. The van der Waals surface area contributed by atoms with E-state index in [9.17, 15) is 9.18 Å². The van der Waals surface area contributed by atoms with Crippen LogP contribution < -0.4 is 5.32 Å². The van der Waals surface area contributed by atoms with E-state index in [2.05, 4.69) is 5.32 Å². The van der Waals surface area contributed by atoms with Crippen molar-refractivity contribution >= 4 is 17.7 Å². The highest BCUT2D eigenvalue weighted by molar-refractivity contribution is 7.99. The first-order chi connectivity index (χ1) is 8.67. The van der Waals surface area contributed by atoms with Crippen molar-refractivity contribution in [1.82, 2.24) is 5.32 Å². The Morgan fingerprint density at radius 1 is 1.44 bits per heavy atom. The third-order valence-electron chi connectivity index (χ3n) is 2.43. The van der Waals surface area contributed by atoms with Crippen molar-refractivity contribution in [2.24, 2.45) is 0 Å². The van der Waals surface area contributed by atoms with Gasteiger partial charge < -0.3 is 10.1 Å². The van der Waals surface area contributed by atoms with E-state index in [4.69, 9.17) is 4.74 Å². The normalized spacial score (nSPS) is 12.2. The number of benzene rings is 1. The van der Waals surface area contributed by atoms with E-state index in [0.29, 0.717) is 6.42 Å². The molecule has 0 saturated carbocycles. The Balaban J connectivity index is 2.38. The molecule has 1 atom stereocenters. The van der Waals surface area contributed by atoms with Gasteiger partial charge in [0.2, 0.25) is 0 Å². The van der Waals surface area contributed by atoms with Gasteiger partial charge in [0.25, 0.3) is 0 Å². The number of likely N-dealkylation sites (N-methyl/N-ethyl adjacent to an activating group) is 1. The molecule has 0 fully saturated rings. The first kappa shape index (κ1) is 15.0. The van der Waals surface area contributed by atoms with Crippen LogP contribution in [-0.4, -0.2) is 31.4 Å². The zero-order valence-corrected chi connectivity index (χ0v) is 11.4. The highest BCUT2D eigenvalue weighted by atomic mass is 32.2. The molecular formula is C13H18FNO2S. The number of hydrogen-bond donors (Lipinski definition) is 1. The first-order valence-electron chi connectivity index (χ1n) is 5.87. The minimum atomic E-state index is -0.270. The van der Waals surface area contributed by atoms with Gasteiger partial charge in [-0.15, -0.1) is 11.8 Å². The maximum absolute atomic E-state index is 12.7. The topological polar surface area (TPSA) is 38.3 Å². The summed E-state index contributed by atoms with van der Waals surface area (Å²) in [4.78, 5) is 12.4. The molecule has 3 nitrogen and oxygen atoms in total. The van der Waals surface area contributed by atoms with Gasteiger partial charge in [0, 0.05) is 10.6 Å². The van der Waals surface area contributed by atoms with Crippen molar-refractivity contribution in [3.05, 3.63) is 30.1 Å². The number of esters is 1. The van der Waals surface area contributed by atoms with Gasteiger partial charge in [0.05, 0.1) is 7.11 Å². The van der Waals surface area contributed by atoms with E-state index >= 15 is 0 Å². The number of ether oxygens (including phenoxy) is 1. The zero-order chi connectivity index (χ0) is 13.4. The lowest BCUT2D eigenvalue weighted by atomic mass is 10.2. The Bertz CT molecular complexity index is 370. The van der Waals surface area contributed by atoms with Gasteiger partial charge in [-0.1, -0.05) is 6.92 Å². The smallest absolute Gasteiger partial charge is 0.322 e. The largest absolute Gasteiger partial charge is 0.468 e. The molecule has 0 spiro atoms. The number of methoxy groups -OCH3 is 1. The number of rotatable bonds is 7. The summed E-state index contributed by atoms with van der Waals surface area (Å²) in [7, 11) is 1.39. The first-order valence-corrected chi connectivity index (χ1v) is 6.85. The molecule has 0 amide bonds. The van der Waals surface area contributed by atoms with Crippen LogP contribution in [0, 0.1) is 5.82 Å². The number of nitrogens with one attached hydrogen (secondary N) is 1. The second-order valence-corrected chi connectivity index (χ2v) is 4.89. The molecule has 0 aromatic heterocycles. The molecule has 0 saturated heterocycles. The molecular weight excluding hydrogens is 253 g/mol. The van der Waals surface area contributed by atoms with E-state index in [0.717, 1.165) is 17.2 Å². The lowest BCUT2D eigenvalue weighted by Crippen LogP contribution is -2.37. The fraction of sp³-hybridized carbons (Fsp3) is 0.462. The predicted octanol–water partition coefficient (Wildman–Crippen LogP) is 2.46. The van der Waals surface area contributed by atoms with Crippen molar-refractivity contribution < 1.29 is 13.9 Å². The lowest BCUT2D eigenvalue weighted by Gasteiger charge is -2.14. The van der Waals surface area contributed by atoms with Gasteiger partial charge in [-0.3, -0.25) is 4.79 Å². The minimum Gasteiger partial charge on any atom is -0.468 e. The van der Waals surface area contributed by atoms with E-state index in [-0.39, 0.29) is 17.8 Å². The molecule has 0 heterocycles. The molecule has 0 aliphatic heterocycles. The maximum Gasteiger partial charge on any atom is 0.322 e. The van der Waals surface area contributed by atoms with E-state index < -0.39 is 0 Å². The van der Waals surface area contributed by atoms with Gasteiger partial charge in [-0.05, 0) is 37.2 Å². The Labute approximate surface area is 111 Å². The Morgan fingerprint density at radius 3 is 2.67 bits per heavy atom. The molecule has 1 rings (SSSR count). The summed E-state index contributed by atoms with van der Waals surface area (Å²) in [6, 6.07) is 6.07.